The van der Waals surface area contributed by atoms with Gasteiger partial charge in [0, 0.05) is 22.9 Å². The Morgan fingerprint density at radius 2 is 2.14 bits per heavy atom. The van der Waals surface area contributed by atoms with Crippen LogP contribution in [0.3, 0.4) is 0 Å². The van der Waals surface area contributed by atoms with Gasteiger partial charge in [-0.25, -0.2) is 0 Å². The van der Waals surface area contributed by atoms with E-state index in [2.05, 4.69) is 7.06 Å². The Labute approximate surface area is 69.6 Å². The van der Waals surface area contributed by atoms with Crippen molar-refractivity contribution >= 4 is 51.6 Å². The molecule has 0 aromatic rings. The van der Waals surface area contributed by atoms with Gasteiger partial charge in [-0.3, -0.25) is 11.9 Å². The predicted molar refractivity (Wildman–Crippen MR) is 44.2 cm³/mol. The summed E-state index contributed by atoms with van der Waals surface area (Å²) >= 11 is 3.71. The minimum absolute atomic E-state index is 0.00463. The van der Waals surface area contributed by atoms with Gasteiger partial charge in [0.25, 0.3) is 0 Å². The van der Waals surface area contributed by atoms with E-state index < -0.39 is 0 Å². The van der Waals surface area contributed by atoms with Crippen LogP contribution in [0, 0.1) is 0 Å². The van der Waals surface area contributed by atoms with Crippen molar-refractivity contribution in [1.29, 1.82) is 0 Å². The highest BCUT2D eigenvalue weighted by atomic mass is 127. The number of nitrogens with one attached hydrogen (secondary N) is 2. The molecule has 0 heterocycles. The fourth-order valence-corrected chi connectivity index (χ4v) is 0.631. The number of hydrogen-bond acceptors (Lipinski definition) is 2. The molecule has 0 rings (SSSR count). The first kappa shape index (κ1) is 7.89. The zero-order valence-corrected chi connectivity index (χ0v) is 7.69. The van der Waals surface area contributed by atoms with Gasteiger partial charge in [0.05, 0.1) is 29.4 Å². The van der Waals surface area contributed by atoms with Gasteiger partial charge < -0.3 is 0 Å². The zero-order chi connectivity index (χ0) is 5.70. The van der Waals surface area contributed by atoms with Crippen LogP contribution in [0.5, 0.6) is 0 Å². The van der Waals surface area contributed by atoms with E-state index in [0.29, 0.717) is 6.54 Å². The monoisotopic (exact) mass is 326 g/mol. The largest absolute Gasteiger partial charge is 0.298 e. The molecule has 0 aliphatic rings. The van der Waals surface area contributed by atoms with Crippen LogP contribution in [0.1, 0.15) is 0 Å². The molecule has 0 saturated carbocycles. The number of carbonyl (C=O) groups excluding carboxylic acids is 1. The fraction of sp³-hybridized carbons (Fsp3) is 0.500. The molecule has 1 amide bonds. The molecule has 42 valence electrons. The Bertz CT molecular complexity index is 66.7. The van der Waals surface area contributed by atoms with Gasteiger partial charge >= 0.3 is 0 Å². The summed E-state index contributed by atoms with van der Waals surface area (Å²) in [5, 5.41) is 0. The van der Waals surface area contributed by atoms with Crippen LogP contribution in [-0.2, 0) is 4.79 Å². The molecule has 0 aromatic carbocycles. The second kappa shape index (κ2) is 5.04. The maximum absolute atomic E-state index is 10.2. The van der Waals surface area contributed by atoms with Gasteiger partial charge in [0.1, 0.15) is 0 Å². The molecule has 3 nitrogen and oxygen atoms in total. The first-order chi connectivity index (χ1) is 3.31. The Morgan fingerprint density at radius 3 is 2.29 bits per heavy atom. The molecule has 0 radical (unpaired) electrons. The van der Waals surface area contributed by atoms with Crippen LogP contribution in [0.4, 0.5) is 0 Å². The summed E-state index contributed by atoms with van der Waals surface area (Å²) in [7, 11) is 0. The fourth-order valence-electron chi connectivity index (χ4n) is 0.0941. The summed E-state index contributed by atoms with van der Waals surface area (Å²) in [6, 6.07) is 0. The van der Waals surface area contributed by atoms with Crippen molar-refractivity contribution in [3.63, 3.8) is 0 Å². The second-order valence-electron chi connectivity index (χ2n) is 0.828. The molecular formula is C2H4I2N2O. The van der Waals surface area contributed by atoms with E-state index in [9.17, 15) is 4.79 Å². The van der Waals surface area contributed by atoms with E-state index in [1.54, 1.807) is 22.9 Å². The molecular weight excluding hydrogens is 322 g/mol. The Kier molecular flexibility index (Phi) is 5.68. The van der Waals surface area contributed by atoms with Crippen molar-refractivity contribution in [3.8, 4) is 0 Å². The van der Waals surface area contributed by atoms with Crippen molar-refractivity contribution in [2.45, 2.75) is 0 Å². The SMILES string of the molecule is O=C(CNI)NI. The molecule has 2 N–H and O–H groups in total. The Morgan fingerprint density at radius 1 is 1.57 bits per heavy atom. The minimum atomic E-state index is -0.00463. The minimum Gasteiger partial charge on any atom is -0.298 e. The Hall–Kier alpha value is 0.890. The van der Waals surface area contributed by atoms with Crippen LogP contribution in [0.25, 0.3) is 0 Å². The number of carbonyl (C=O) groups is 1. The van der Waals surface area contributed by atoms with Crippen molar-refractivity contribution < 1.29 is 4.79 Å². The molecule has 0 aromatic heterocycles. The molecule has 7 heavy (non-hydrogen) atoms. The highest BCUT2D eigenvalue weighted by Gasteiger charge is 1.91. The van der Waals surface area contributed by atoms with Crippen molar-refractivity contribution in [1.82, 2.24) is 7.06 Å². The van der Waals surface area contributed by atoms with E-state index in [-0.39, 0.29) is 5.91 Å². The van der Waals surface area contributed by atoms with Crippen molar-refractivity contribution in [2.75, 3.05) is 6.54 Å². The van der Waals surface area contributed by atoms with Gasteiger partial charge in [-0.2, -0.15) is 0 Å². The lowest BCUT2D eigenvalue weighted by Crippen LogP contribution is -2.22. The molecule has 0 unspecified atom stereocenters. The first-order valence-corrected chi connectivity index (χ1v) is 3.70. The molecule has 5 heteroatoms. The van der Waals surface area contributed by atoms with Crippen LogP contribution >= 0.6 is 45.7 Å². The van der Waals surface area contributed by atoms with Gasteiger partial charge in [0.2, 0.25) is 5.91 Å². The lowest BCUT2D eigenvalue weighted by molar-refractivity contribution is -0.117. The smallest absolute Gasteiger partial charge is 0.243 e. The van der Waals surface area contributed by atoms with Crippen LogP contribution < -0.4 is 7.06 Å². The number of hydrogen-bond donors (Lipinski definition) is 2. The number of amides is 1. The van der Waals surface area contributed by atoms with Gasteiger partial charge in [-0.05, 0) is 0 Å². The van der Waals surface area contributed by atoms with Crippen LogP contribution in [0.15, 0.2) is 0 Å². The van der Waals surface area contributed by atoms with Crippen LogP contribution in [0.2, 0.25) is 0 Å². The van der Waals surface area contributed by atoms with Gasteiger partial charge in [-0.1, -0.05) is 0 Å². The van der Waals surface area contributed by atoms with Crippen molar-refractivity contribution in [3.05, 3.63) is 0 Å². The van der Waals surface area contributed by atoms with Gasteiger partial charge in [-0.15, -0.1) is 0 Å². The summed E-state index contributed by atoms with van der Waals surface area (Å²) < 4.78 is 5.10. The molecule has 0 spiro atoms. The molecule has 0 bridgehead atoms. The van der Waals surface area contributed by atoms with E-state index in [1.165, 1.54) is 0 Å². The van der Waals surface area contributed by atoms with E-state index in [1.807, 2.05) is 22.9 Å². The highest BCUT2D eigenvalue weighted by Crippen LogP contribution is 1.72. The quantitative estimate of drug-likeness (QED) is 0.570. The van der Waals surface area contributed by atoms with Gasteiger partial charge in [0.15, 0.2) is 0 Å². The maximum atomic E-state index is 10.2. The summed E-state index contributed by atoms with van der Waals surface area (Å²) in [5.74, 6) is -0.00463. The van der Waals surface area contributed by atoms with E-state index in [4.69, 9.17) is 0 Å². The Balaban J connectivity index is 3.00. The third-order valence-electron chi connectivity index (χ3n) is 0.333. The predicted octanol–water partition coefficient (Wildman–Crippen LogP) is 0.392. The standard InChI is InChI=1S/C2H4I2N2O/c3-5-1-2(7)6-4/h5H,1H2,(H,6,7). The number of halogens is 2. The lowest BCUT2D eigenvalue weighted by Gasteiger charge is -1.90. The molecule has 0 atom stereocenters. The van der Waals surface area contributed by atoms with E-state index >= 15 is 0 Å². The molecule has 0 fully saturated rings. The van der Waals surface area contributed by atoms with E-state index in [0.717, 1.165) is 0 Å². The number of rotatable bonds is 2. The summed E-state index contributed by atoms with van der Waals surface area (Å²) in [6.07, 6.45) is 0. The first-order valence-electron chi connectivity index (χ1n) is 1.54. The zero-order valence-electron chi connectivity index (χ0n) is 3.37. The molecule has 0 saturated heterocycles. The summed E-state index contributed by atoms with van der Waals surface area (Å²) in [4.78, 5) is 10.2. The normalized spacial score (nSPS) is 8.29. The summed E-state index contributed by atoms with van der Waals surface area (Å²) in [6.45, 7) is 0.378. The molecule has 0 aliphatic carbocycles. The van der Waals surface area contributed by atoms with Crippen molar-refractivity contribution in [2.24, 2.45) is 0 Å². The average Bonchev–Trinajstić information content (AvgIpc) is 1.68. The maximum Gasteiger partial charge on any atom is 0.243 e. The van der Waals surface area contributed by atoms with Crippen LogP contribution in [-0.4, -0.2) is 12.5 Å². The summed E-state index contributed by atoms with van der Waals surface area (Å²) in [5.41, 5.74) is 0. The molecule has 0 aliphatic heterocycles. The topological polar surface area (TPSA) is 41.1 Å². The third-order valence-corrected chi connectivity index (χ3v) is 1.32. The highest BCUT2D eigenvalue weighted by molar-refractivity contribution is 14.1. The third kappa shape index (κ3) is 4.75. The lowest BCUT2D eigenvalue weighted by atomic mass is 10.7. The second-order valence-corrected chi connectivity index (χ2v) is 2.13. The average molecular weight is 326 g/mol.